The summed E-state index contributed by atoms with van der Waals surface area (Å²) in [5.74, 6) is 0.542. The lowest BCUT2D eigenvalue weighted by atomic mass is 10.0. The molecule has 110 valence electrons. The van der Waals surface area contributed by atoms with Gasteiger partial charge in [0.25, 0.3) is 0 Å². The molecule has 0 saturated carbocycles. The fourth-order valence-corrected chi connectivity index (χ4v) is 3.47. The highest BCUT2D eigenvalue weighted by atomic mass is 32.2. The van der Waals surface area contributed by atoms with Crippen LogP contribution in [0.4, 0.5) is 5.69 Å². The number of ketones is 1. The van der Waals surface area contributed by atoms with Gasteiger partial charge in [-0.25, -0.2) is 0 Å². The van der Waals surface area contributed by atoms with Crippen LogP contribution in [0, 0.1) is 5.92 Å². The maximum absolute atomic E-state index is 12.2. The Bertz CT molecular complexity index is 573. The van der Waals surface area contributed by atoms with E-state index in [1.807, 2.05) is 0 Å². The Kier molecular flexibility index (Phi) is 4.45. The van der Waals surface area contributed by atoms with Gasteiger partial charge in [-0.3, -0.25) is 9.52 Å². The van der Waals surface area contributed by atoms with Crippen molar-refractivity contribution < 1.29 is 13.2 Å². The van der Waals surface area contributed by atoms with Crippen molar-refractivity contribution in [3.8, 4) is 0 Å². The highest BCUT2D eigenvalue weighted by Crippen LogP contribution is 2.20. The predicted octanol–water partition coefficient (Wildman–Crippen LogP) is 2.28. The number of carbonyl (C=O) groups is 1. The van der Waals surface area contributed by atoms with Crippen molar-refractivity contribution in [1.29, 1.82) is 0 Å². The molecule has 5 nitrogen and oxygen atoms in total. The average molecular weight is 296 g/mol. The molecule has 0 radical (unpaired) electrons. The molecule has 0 bridgehead atoms. The van der Waals surface area contributed by atoms with Gasteiger partial charge in [0.2, 0.25) is 0 Å². The number of hydrogen-bond acceptors (Lipinski definition) is 3. The minimum atomic E-state index is -3.49. The maximum atomic E-state index is 12.2. The first-order valence-corrected chi connectivity index (χ1v) is 8.21. The number of rotatable bonds is 4. The summed E-state index contributed by atoms with van der Waals surface area (Å²) in [5.41, 5.74) is 1.05. The molecule has 0 unspecified atom stereocenters. The third-order valence-electron chi connectivity index (χ3n) is 3.62. The van der Waals surface area contributed by atoms with Crippen LogP contribution in [0.2, 0.25) is 0 Å². The second-order valence-corrected chi connectivity index (χ2v) is 6.99. The van der Waals surface area contributed by atoms with Crippen LogP contribution in [-0.4, -0.2) is 31.6 Å². The largest absolute Gasteiger partial charge is 0.301 e. The molecule has 1 heterocycles. The summed E-state index contributed by atoms with van der Waals surface area (Å²) in [4.78, 5) is 11.2. The van der Waals surface area contributed by atoms with Crippen molar-refractivity contribution in [3.63, 3.8) is 0 Å². The van der Waals surface area contributed by atoms with Gasteiger partial charge >= 0.3 is 10.2 Å². The number of nitrogens with zero attached hydrogens (tertiary/aromatic N) is 1. The van der Waals surface area contributed by atoms with E-state index in [0.29, 0.717) is 30.3 Å². The second kappa shape index (κ2) is 5.93. The lowest BCUT2D eigenvalue weighted by Crippen LogP contribution is -2.41. The third-order valence-corrected chi connectivity index (χ3v) is 5.16. The fourth-order valence-electron chi connectivity index (χ4n) is 2.21. The first-order chi connectivity index (χ1) is 9.38. The van der Waals surface area contributed by atoms with Gasteiger partial charge in [-0.05, 0) is 49.9 Å². The zero-order valence-corrected chi connectivity index (χ0v) is 12.6. The van der Waals surface area contributed by atoms with E-state index in [4.69, 9.17) is 0 Å². The number of nitrogens with one attached hydrogen (secondary N) is 1. The summed E-state index contributed by atoms with van der Waals surface area (Å²) in [5, 5.41) is 0. The topological polar surface area (TPSA) is 66.5 Å². The van der Waals surface area contributed by atoms with E-state index in [1.54, 1.807) is 24.3 Å². The number of carbonyl (C=O) groups excluding carboxylic acids is 1. The summed E-state index contributed by atoms with van der Waals surface area (Å²) in [6, 6.07) is 6.47. The molecule has 0 spiro atoms. The second-order valence-electron chi connectivity index (χ2n) is 5.32. The molecule has 1 aromatic rings. The van der Waals surface area contributed by atoms with Crippen LogP contribution < -0.4 is 4.72 Å². The molecule has 1 fully saturated rings. The van der Waals surface area contributed by atoms with Gasteiger partial charge in [-0.1, -0.05) is 6.92 Å². The molecule has 1 N–H and O–H groups in total. The standard InChI is InChI=1S/C14H20N2O3S/c1-11-7-9-16(10-8-11)20(18,19)15-14-5-3-13(4-6-14)12(2)17/h3-6,11,15H,7-10H2,1-2H3. The average Bonchev–Trinajstić information content (AvgIpc) is 2.39. The van der Waals surface area contributed by atoms with Crippen LogP contribution in [0.25, 0.3) is 0 Å². The molecule has 2 rings (SSSR count). The molecular weight excluding hydrogens is 276 g/mol. The molecule has 0 atom stereocenters. The SMILES string of the molecule is CC(=O)c1ccc(NS(=O)(=O)N2CCC(C)CC2)cc1. The van der Waals surface area contributed by atoms with Gasteiger partial charge < -0.3 is 0 Å². The Hall–Kier alpha value is -1.40. The van der Waals surface area contributed by atoms with E-state index >= 15 is 0 Å². The zero-order valence-electron chi connectivity index (χ0n) is 11.8. The van der Waals surface area contributed by atoms with E-state index in [9.17, 15) is 13.2 Å². The minimum absolute atomic E-state index is 0.0376. The summed E-state index contributed by atoms with van der Waals surface area (Å²) in [6.07, 6.45) is 1.79. The van der Waals surface area contributed by atoms with Gasteiger partial charge in [0.05, 0.1) is 0 Å². The lowest BCUT2D eigenvalue weighted by molar-refractivity contribution is 0.101. The van der Waals surface area contributed by atoms with Crippen molar-refractivity contribution in [2.24, 2.45) is 5.92 Å². The Labute approximate surface area is 120 Å². The Balaban J connectivity index is 2.06. The van der Waals surface area contributed by atoms with Crippen molar-refractivity contribution in [3.05, 3.63) is 29.8 Å². The quantitative estimate of drug-likeness (QED) is 0.867. The lowest BCUT2D eigenvalue weighted by Gasteiger charge is -2.29. The Morgan fingerprint density at radius 3 is 2.25 bits per heavy atom. The van der Waals surface area contributed by atoms with Crippen LogP contribution in [-0.2, 0) is 10.2 Å². The monoisotopic (exact) mass is 296 g/mol. The summed E-state index contributed by atoms with van der Waals surface area (Å²) in [7, 11) is -3.49. The minimum Gasteiger partial charge on any atom is -0.295 e. The van der Waals surface area contributed by atoms with E-state index in [1.165, 1.54) is 11.2 Å². The number of anilines is 1. The van der Waals surface area contributed by atoms with Gasteiger partial charge in [0, 0.05) is 24.3 Å². The number of benzene rings is 1. The van der Waals surface area contributed by atoms with Crippen LogP contribution in [0.15, 0.2) is 24.3 Å². The summed E-state index contributed by atoms with van der Waals surface area (Å²) >= 11 is 0. The Morgan fingerprint density at radius 2 is 1.75 bits per heavy atom. The van der Waals surface area contributed by atoms with Crippen molar-refractivity contribution >= 4 is 21.7 Å². The molecule has 1 saturated heterocycles. The number of hydrogen-bond donors (Lipinski definition) is 1. The molecule has 0 aromatic heterocycles. The van der Waals surface area contributed by atoms with Gasteiger partial charge in [0.1, 0.15) is 0 Å². The molecular formula is C14H20N2O3S. The first-order valence-electron chi connectivity index (χ1n) is 6.77. The summed E-state index contributed by atoms with van der Waals surface area (Å²) in [6.45, 7) is 4.73. The van der Waals surface area contributed by atoms with Crippen LogP contribution in [0.1, 0.15) is 37.0 Å². The van der Waals surface area contributed by atoms with Gasteiger partial charge in [-0.2, -0.15) is 12.7 Å². The van der Waals surface area contributed by atoms with Crippen LogP contribution in [0.3, 0.4) is 0 Å². The Morgan fingerprint density at radius 1 is 1.20 bits per heavy atom. The van der Waals surface area contributed by atoms with Gasteiger partial charge in [0.15, 0.2) is 5.78 Å². The van der Waals surface area contributed by atoms with Crippen molar-refractivity contribution in [2.45, 2.75) is 26.7 Å². The van der Waals surface area contributed by atoms with E-state index in [0.717, 1.165) is 12.8 Å². The van der Waals surface area contributed by atoms with Crippen LogP contribution >= 0.6 is 0 Å². The van der Waals surface area contributed by atoms with Gasteiger partial charge in [-0.15, -0.1) is 0 Å². The number of Topliss-reactive ketones (excluding diaryl/α,β-unsaturated/α-hetero) is 1. The number of piperidine rings is 1. The first kappa shape index (κ1) is 15.0. The van der Waals surface area contributed by atoms with Crippen molar-refractivity contribution in [1.82, 2.24) is 4.31 Å². The van der Waals surface area contributed by atoms with E-state index in [2.05, 4.69) is 11.6 Å². The predicted molar refractivity (Wildman–Crippen MR) is 79.0 cm³/mol. The summed E-state index contributed by atoms with van der Waals surface area (Å²) < 4.78 is 28.5. The smallest absolute Gasteiger partial charge is 0.295 e. The molecule has 1 aliphatic rings. The fraction of sp³-hybridized carbons (Fsp3) is 0.500. The molecule has 20 heavy (non-hydrogen) atoms. The zero-order chi connectivity index (χ0) is 14.8. The molecule has 6 heteroatoms. The maximum Gasteiger partial charge on any atom is 0.301 e. The van der Waals surface area contributed by atoms with Crippen molar-refractivity contribution in [2.75, 3.05) is 17.8 Å². The highest BCUT2D eigenvalue weighted by Gasteiger charge is 2.26. The van der Waals surface area contributed by atoms with E-state index < -0.39 is 10.2 Å². The highest BCUT2D eigenvalue weighted by molar-refractivity contribution is 7.90. The van der Waals surface area contributed by atoms with Crippen LogP contribution in [0.5, 0.6) is 0 Å². The molecule has 0 aliphatic carbocycles. The molecule has 1 aromatic carbocycles. The van der Waals surface area contributed by atoms with E-state index in [-0.39, 0.29) is 5.78 Å². The normalized spacial score (nSPS) is 17.9. The molecule has 0 amide bonds. The third kappa shape index (κ3) is 3.58. The molecule has 1 aliphatic heterocycles.